The van der Waals surface area contributed by atoms with Crippen molar-refractivity contribution in [2.45, 2.75) is 13.8 Å². The van der Waals surface area contributed by atoms with Crippen molar-refractivity contribution in [2.75, 3.05) is 5.43 Å². The second kappa shape index (κ2) is 7.40. The molecule has 0 saturated carbocycles. The van der Waals surface area contributed by atoms with Crippen LogP contribution in [0.5, 0.6) is 0 Å². The summed E-state index contributed by atoms with van der Waals surface area (Å²) >= 11 is 0. The lowest BCUT2D eigenvalue weighted by molar-refractivity contribution is 0.0964. The fourth-order valence-corrected chi connectivity index (χ4v) is 3.00. The molecule has 4 rings (SSSR count). The number of nitrogens with one attached hydrogen (secondary N) is 2. The maximum atomic E-state index is 12.9. The van der Waals surface area contributed by atoms with Crippen molar-refractivity contribution in [3.63, 3.8) is 0 Å². The van der Waals surface area contributed by atoms with Crippen LogP contribution in [0.3, 0.4) is 0 Å². The van der Waals surface area contributed by atoms with Crippen molar-refractivity contribution in [2.24, 2.45) is 0 Å². The van der Waals surface area contributed by atoms with E-state index in [0.717, 1.165) is 27.9 Å². The average Bonchev–Trinajstić information content (AvgIpc) is 2.71. The van der Waals surface area contributed by atoms with Crippen LogP contribution in [0.25, 0.3) is 22.2 Å². The summed E-state index contributed by atoms with van der Waals surface area (Å²) in [6.45, 7) is 3.75. The molecule has 0 saturated heterocycles. The Labute approximate surface area is 161 Å². The first-order chi connectivity index (χ1) is 13.6. The van der Waals surface area contributed by atoms with Gasteiger partial charge in [0.2, 0.25) is 5.95 Å². The zero-order chi connectivity index (χ0) is 19.5. The second-order valence-electron chi connectivity index (χ2n) is 6.36. The minimum Gasteiger partial charge on any atom is -0.267 e. The Hall–Kier alpha value is -3.87. The number of rotatable bonds is 4. The molecule has 0 atom stereocenters. The molecule has 0 aliphatic heterocycles. The molecule has 7 nitrogen and oxygen atoms in total. The van der Waals surface area contributed by atoms with Gasteiger partial charge in [0, 0.05) is 34.7 Å². The number of aromatic nitrogens is 4. The molecular weight excluding hydrogens is 352 g/mol. The first-order valence-corrected chi connectivity index (χ1v) is 8.79. The zero-order valence-corrected chi connectivity index (χ0v) is 15.5. The van der Waals surface area contributed by atoms with E-state index in [-0.39, 0.29) is 5.91 Å². The number of hydrogen-bond donors (Lipinski definition) is 2. The summed E-state index contributed by atoms with van der Waals surface area (Å²) in [6.07, 6.45) is 3.40. The molecule has 138 valence electrons. The Bertz CT molecular complexity index is 1140. The summed E-state index contributed by atoms with van der Waals surface area (Å²) in [7, 11) is 0. The molecule has 7 heteroatoms. The molecule has 1 aromatic carbocycles. The van der Waals surface area contributed by atoms with E-state index in [0.29, 0.717) is 17.2 Å². The van der Waals surface area contributed by atoms with Crippen LogP contribution in [0, 0.1) is 13.8 Å². The monoisotopic (exact) mass is 370 g/mol. The van der Waals surface area contributed by atoms with Gasteiger partial charge in [0.05, 0.1) is 16.8 Å². The van der Waals surface area contributed by atoms with Gasteiger partial charge in [-0.1, -0.05) is 18.2 Å². The Morgan fingerprint density at radius 2 is 1.61 bits per heavy atom. The number of nitrogens with zero attached hydrogens (tertiary/aromatic N) is 4. The van der Waals surface area contributed by atoms with Crippen molar-refractivity contribution in [1.82, 2.24) is 25.4 Å². The van der Waals surface area contributed by atoms with E-state index in [1.165, 1.54) is 0 Å². The zero-order valence-electron chi connectivity index (χ0n) is 15.5. The third kappa shape index (κ3) is 3.64. The van der Waals surface area contributed by atoms with Crippen molar-refractivity contribution in [1.29, 1.82) is 0 Å². The van der Waals surface area contributed by atoms with E-state index in [1.807, 2.05) is 56.3 Å². The fourth-order valence-electron chi connectivity index (χ4n) is 3.00. The number of benzene rings is 1. The van der Waals surface area contributed by atoms with E-state index in [9.17, 15) is 4.79 Å². The molecule has 3 heterocycles. The normalized spacial score (nSPS) is 10.6. The van der Waals surface area contributed by atoms with Crippen molar-refractivity contribution in [3.8, 4) is 11.3 Å². The molecule has 1 amide bonds. The molecule has 0 aliphatic rings. The Balaban J connectivity index is 1.69. The van der Waals surface area contributed by atoms with E-state index in [1.54, 1.807) is 18.5 Å². The minimum absolute atomic E-state index is 0.295. The first-order valence-electron chi connectivity index (χ1n) is 8.79. The highest BCUT2D eigenvalue weighted by Gasteiger charge is 2.14. The van der Waals surface area contributed by atoms with Gasteiger partial charge < -0.3 is 0 Å². The average molecular weight is 370 g/mol. The quantitative estimate of drug-likeness (QED) is 0.535. The minimum atomic E-state index is -0.295. The molecule has 0 aliphatic carbocycles. The number of hydrazine groups is 1. The summed E-state index contributed by atoms with van der Waals surface area (Å²) in [5.41, 5.74) is 9.96. The smallest absolute Gasteiger partial charge is 0.267 e. The van der Waals surface area contributed by atoms with Gasteiger partial charge in [0.15, 0.2) is 0 Å². The second-order valence-corrected chi connectivity index (χ2v) is 6.36. The molecule has 4 aromatic rings. The summed E-state index contributed by atoms with van der Waals surface area (Å²) in [5.74, 6) is 0.0511. The molecule has 2 N–H and O–H groups in total. The van der Waals surface area contributed by atoms with Crippen LogP contribution >= 0.6 is 0 Å². The van der Waals surface area contributed by atoms with Crippen molar-refractivity contribution < 1.29 is 4.79 Å². The summed E-state index contributed by atoms with van der Waals surface area (Å²) in [6, 6.07) is 14.9. The number of carbonyl (C=O) groups excluding carboxylic acids is 1. The fraction of sp³-hybridized carbons (Fsp3) is 0.0952. The highest BCUT2D eigenvalue weighted by atomic mass is 16.2. The number of fused-ring (bicyclic) bond motifs is 1. The Morgan fingerprint density at radius 1 is 0.893 bits per heavy atom. The van der Waals surface area contributed by atoms with Gasteiger partial charge in [0.25, 0.3) is 5.91 Å². The molecule has 0 spiro atoms. The lowest BCUT2D eigenvalue weighted by Gasteiger charge is -2.12. The molecule has 28 heavy (non-hydrogen) atoms. The number of para-hydroxylation sites is 1. The maximum absolute atomic E-state index is 12.9. The SMILES string of the molecule is Cc1cc(C)nc(NNC(=O)c2cc(-c3ccncc3)nc3ccccc23)n1. The first kappa shape index (κ1) is 17.5. The molecule has 0 unspecified atom stereocenters. The Kier molecular flexibility index (Phi) is 4.63. The highest BCUT2D eigenvalue weighted by molar-refractivity contribution is 6.07. The van der Waals surface area contributed by atoms with Crippen LogP contribution in [0.1, 0.15) is 21.7 Å². The number of amides is 1. The van der Waals surface area contributed by atoms with Gasteiger partial charge in [-0.15, -0.1) is 0 Å². The van der Waals surface area contributed by atoms with Crippen LogP contribution in [-0.2, 0) is 0 Å². The molecule has 0 bridgehead atoms. The maximum Gasteiger partial charge on any atom is 0.270 e. The van der Waals surface area contributed by atoms with E-state index >= 15 is 0 Å². The third-order valence-corrected chi connectivity index (χ3v) is 4.21. The predicted octanol–water partition coefficient (Wildman–Crippen LogP) is 3.46. The van der Waals surface area contributed by atoms with Crippen LogP contribution in [0.15, 0.2) is 60.9 Å². The standard InChI is InChI=1S/C21H18N6O/c1-13-11-14(2)24-21(23-13)27-26-20(28)17-12-19(15-7-9-22-10-8-15)25-18-6-4-3-5-16(17)18/h3-12H,1-2H3,(H,26,28)(H,23,24,27). The van der Waals surface area contributed by atoms with Gasteiger partial charge >= 0.3 is 0 Å². The predicted molar refractivity (Wildman–Crippen MR) is 108 cm³/mol. The Morgan fingerprint density at radius 3 is 2.36 bits per heavy atom. The van der Waals surface area contributed by atoms with Crippen LogP contribution in [-0.4, -0.2) is 25.8 Å². The van der Waals surface area contributed by atoms with Gasteiger partial charge in [-0.05, 0) is 44.2 Å². The summed E-state index contributed by atoms with van der Waals surface area (Å²) < 4.78 is 0. The third-order valence-electron chi connectivity index (χ3n) is 4.21. The number of hydrogen-bond acceptors (Lipinski definition) is 6. The van der Waals surface area contributed by atoms with Crippen molar-refractivity contribution in [3.05, 3.63) is 77.9 Å². The lowest BCUT2D eigenvalue weighted by atomic mass is 10.0. The molecule has 3 aromatic heterocycles. The van der Waals surface area contributed by atoms with Crippen molar-refractivity contribution >= 4 is 22.8 Å². The number of aryl methyl sites for hydroxylation is 2. The largest absolute Gasteiger partial charge is 0.270 e. The summed E-state index contributed by atoms with van der Waals surface area (Å²) in [4.78, 5) is 30.2. The molecular formula is C21H18N6O. The topological polar surface area (TPSA) is 92.7 Å². The molecule has 0 radical (unpaired) electrons. The van der Waals surface area contributed by atoms with E-state index < -0.39 is 0 Å². The van der Waals surface area contributed by atoms with E-state index in [2.05, 4.69) is 30.8 Å². The lowest BCUT2D eigenvalue weighted by Crippen LogP contribution is -2.30. The molecule has 0 fully saturated rings. The highest BCUT2D eigenvalue weighted by Crippen LogP contribution is 2.24. The van der Waals surface area contributed by atoms with E-state index in [4.69, 9.17) is 0 Å². The number of pyridine rings is 2. The van der Waals surface area contributed by atoms with Crippen LogP contribution in [0.4, 0.5) is 5.95 Å². The van der Waals surface area contributed by atoms with Gasteiger partial charge in [-0.2, -0.15) is 0 Å². The summed E-state index contributed by atoms with van der Waals surface area (Å²) in [5, 5.41) is 0.765. The van der Waals surface area contributed by atoms with Crippen LogP contribution < -0.4 is 10.9 Å². The number of carbonyl (C=O) groups is 1. The van der Waals surface area contributed by atoms with Gasteiger partial charge in [0.1, 0.15) is 0 Å². The van der Waals surface area contributed by atoms with Gasteiger partial charge in [-0.25, -0.2) is 15.0 Å². The van der Waals surface area contributed by atoms with Crippen LogP contribution in [0.2, 0.25) is 0 Å². The number of anilines is 1. The van der Waals surface area contributed by atoms with Gasteiger partial charge in [-0.3, -0.25) is 20.6 Å².